The number of rotatable bonds is 20. The molecule has 0 amide bonds. The molecule has 0 radical (unpaired) electrons. The highest BCUT2D eigenvalue weighted by molar-refractivity contribution is 5.50. The molecule has 0 saturated heterocycles. The summed E-state index contributed by atoms with van der Waals surface area (Å²) in [6.45, 7) is 61.7. The van der Waals surface area contributed by atoms with Crippen LogP contribution in [0.15, 0.2) is 315 Å². The van der Waals surface area contributed by atoms with Crippen LogP contribution in [0.5, 0.6) is 23.0 Å². The van der Waals surface area contributed by atoms with Gasteiger partial charge in [-0.25, -0.2) is 0 Å². The van der Waals surface area contributed by atoms with Crippen molar-refractivity contribution < 1.29 is 9.47 Å². The summed E-state index contributed by atoms with van der Waals surface area (Å²) >= 11 is 0. The molecular weight excluding hydrogens is 1560 g/mol. The van der Waals surface area contributed by atoms with Gasteiger partial charge in [-0.05, 0) is 361 Å². The Kier molecular flexibility index (Phi) is 34.4. The molecule has 15 aromatic carbocycles. The van der Waals surface area contributed by atoms with Crippen molar-refractivity contribution >= 4 is 0 Å². The first-order chi connectivity index (χ1) is 61.2. The van der Waals surface area contributed by atoms with Gasteiger partial charge in [-0.1, -0.05) is 370 Å². The van der Waals surface area contributed by atoms with E-state index in [1.165, 1.54) is 189 Å². The Balaban J connectivity index is 0.000000164. The Morgan fingerprint density at radius 3 is 0.558 bits per heavy atom. The predicted molar refractivity (Wildman–Crippen MR) is 558 cm³/mol. The van der Waals surface area contributed by atoms with Crippen LogP contribution in [0.3, 0.4) is 0 Å². The molecule has 2 heteroatoms. The Morgan fingerprint density at radius 1 is 0.171 bits per heavy atom. The Hall–Kier alpha value is -12.1. The maximum atomic E-state index is 5.97. The third kappa shape index (κ3) is 27.5. The van der Waals surface area contributed by atoms with Gasteiger partial charge < -0.3 is 9.47 Å². The number of ether oxygens (including phenoxy) is 2. The molecule has 0 heterocycles. The number of hydrogen-bond donors (Lipinski definition) is 0. The third-order valence-electron chi connectivity index (χ3n) is 27.0. The molecule has 0 unspecified atom stereocenters. The van der Waals surface area contributed by atoms with Crippen LogP contribution in [0.1, 0.15) is 258 Å². The van der Waals surface area contributed by atoms with E-state index in [1.807, 2.05) is 48.5 Å². The molecule has 0 N–H and O–H groups in total. The summed E-state index contributed by atoms with van der Waals surface area (Å²) in [5.41, 5.74) is 46.4. The van der Waals surface area contributed by atoms with E-state index in [-0.39, 0.29) is 21.7 Å². The molecule has 0 spiro atoms. The SMILES string of the molecule is CCc1cc(Cc2ccc(C)c(CC)c2)ccc1C.Cc1cc(Cc2cc(C)c(C)c(C)c2)cc(C)c1C.Cc1ccc(C(C)(C)c2ccc(C(C)(C)c3ccc(C)cc3)cc2)cc1.Cc1ccc(C(C)(C)c2ccc(C)cc2)cc1.Cc1ccc(Cc2ccc(C)c(C)c2)cc1C.Cc1ccc(Oc2ccc(C(C)(C)c3ccc(Oc4ccc(C)cc4)cc3)cc2)cc1. The highest BCUT2D eigenvalue weighted by Gasteiger charge is 2.28. The van der Waals surface area contributed by atoms with Gasteiger partial charge in [0.05, 0.1) is 0 Å². The monoisotopic (exact) mass is 1700 g/mol. The van der Waals surface area contributed by atoms with Crippen molar-refractivity contribution in [2.24, 2.45) is 0 Å². The minimum absolute atomic E-state index is 0.000230. The summed E-state index contributed by atoms with van der Waals surface area (Å²) in [5.74, 6) is 3.37. The number of aryl methyl sites for hydroxylation is 18. The van der Waals surface area contributed by atoms with Crippen LogP contribution < -0.4 is 9.47 Å². The lowest BCUT2D eigenvalue weighted by molar-refractivity contribution is 0.481. The van der Waals surface area contributed by atoms with Gasteiger partial charge in [0.25, 0.3) is 0 Å². The van der Waals surface area contributed by atoms with E-state index in [1.54, 1.807) is 0 Å². The van der Waals surface area contributed by atoms with Crippen LogP contribution in [0.25, 0.3) is 0 Å². The summed E-state index contributed by atoms with van der Waals surface area (Å²) < 4.78 is 11.9. The summed E-state index contributed by atoms with van der Waals surface area (Å²) in [6.07, 6.45) is 5.34. The molecule has 0 aliphatic heterocycles. The molecule has 0 aliphatic carbocycles. The minimum Gasteiger partial charge on any atom is -0.457 e. The molecule has 0 bridgehead atoms. The second-order valence-electron chi connectivity index (χ2n) is 38.7. The van der Waals surface area contributed by atoms with E-state index in [4.69, 9.17) is 9.47 Å². The Bertz CT molecular complexity index is 5710. The van der Waals surface area contributed by atoms with E-state index in [2.05, 4.69) is 461 Å². The molecule has 15 rings (SSSR count). The standard InChI is InChI=1S/C29H28O2.C26H30.2C19H24.2C17H20/c1-21-5-13-25(14-6-21)30-27-17-9-23(10-18-27)29(3,4)24-11-19-28(20-12-24)31-26-15-7-22(2)8-16-26;1-19-7-11-21(12-8-19)25(3,4)23-15-17-24(18-16-23)26(5,6)22-13-9-20(2)10-14-22;1-12-7-18(8-13(2)16(12)5)11-19-9-14(3)17(6)15(4)10-19;1-5-18-12-16(9-7-14(18)3)11-17-10-8-15(4)19(6-2)13-17;1-13-5-9-15(10-6-13)17(3,4)16-11-7-14(2)8-12-16;1-12-5-7-16(9-14(12)3)11-17-8-6-13(2)15(4)10-17/h5-20H,1-4H3;7-18H,1-6H3;7-10H,11H2,1-6H3;7-10,12-13H,5-6,11H2,1-4H3;5-12H,1-4H3;5-10H,11H2,1-4H3. The van der Waals surface area contributed by atoms with Gasteiger partial charge in [0, 0.05) is 21.7 Å². The van der Waals surface area contributed by atoms with Gasteiger partial charge in [-0.2, -0.15) is 0 Å². The second kappa shape index (κ2) is 44.8. The normalized spacial score (nSPS) is 11.3. The van der Waals surface area contributed by atoms with E-state index >= 15 is 0 Å². The minimum atomic E-state index is -0.134. The fourth-order valence-corrected chi connectivity index (χ4v) is 16.6. The first kappa shape index (κ1) is 99.1. The van der Waals surface area contributed by atoms with Crippen molar-refractivity contribution in [2.45, 2.75) is 248 Å². The molecule has 0 atom stereocenters. The molecule has 129 heavy (non-hydrogen) atoms. The quantitative estimate of drug-likeness (QED) is 0.0757. The topological polar surface area (TPSA) is 18.5 Å². The van der Waals surface area contributed by atoms with Crippen molar-refractivity contribution in [2.75, 3.05) is 0 Å². The smallest absolute Gasteiger partial charge is 0.127 e. The van der Waals surface area contributed by atoms with Gasteiger partial charge in [0.2, 0.25) is 0 Å². The van der Waals surface area contributed by atoms with Crippen LogP contribution in [-0.2, 0) is 53.8 Å². The van der Waals surface area contributed by atoms with Crippen molar-refractivity contribution in [3.63, 3.8) is 0 Å². The maximum Gasteiger partial charge on any atom is 0.127 e. The van der Waals surface area contributed by atoms with Crippen LogP contribution >= 0.6 is 0 Å². The van der Waals surface area contributed by atoms with E-state index in [0.717, 1.165) is 55.1 Å². The van der Waals surface area contributed by atoms with E-state index < -0.39 is 0 Å². The maximum absolute atomic E-state index is 5.97. The van der Waals surface area contributed by atoms with Crippen molar-refractivity contribution in [1.82, 2.24) is 0 Å². The third-order valence-corrected chi connectivity index (χ3v) is 27.0. The summed E-state index contributed by atoms with van der Waals surface area (Å²) in [5, 5.41) is 0. The molecule has 0 aromatic heterocycles. The van der Waals surface area contributed by atoms with Gasteiger partial charge in [0.15, 0.2) is 0 Å². The van der Waals surface area contributed by atoms with Crippen LogP contribution in [0.2, 0.25) is 0 Å². The largest absolute Gasteiger partial charge is 0.457 e. The lowest BCUT2D eigenvalue weighted by Gasteiger charge is -2.29. The lowest BCUT2D eigenvalue weighted by atomic mass is 9.74. The lowest BCUT2D eigenvalue weighted by Crippen LogP contribution is -2.21. The average molecular weight is 1700 g/mol. The van der Waals surface area contributed by atoms with Crippen molar-refractivity contribution in [3.05, 3.63) is 505 Å². The van der Waals surface area contributed by atoms with Crippen LogP contribution in [0, 0.1) is 125 Å². The molecule has 0 saturated carbocycles. The van der Waals surface area contributed by atoms with Crippen LogP contribution in [0.4, 0.5) is 0 Å². The molecule has 15 aromatic rings. The molecule has 2 nitrogen and oxygen atoms in total. The van der Waals surface area contributed by atoms with E-state index in [0.29, 0.717) is 0 Å². The molecule has 0 fully saturated rings. The zero-order chi connectivity index (χ0) is 93.7. The van der Waals surface area contributed by atoms with Gasteiger partial charge >= 0.3 is 0 Å². The fraction of sp³-hybridized carbons (Fsp3) is 0.291. The van der Waals surface area contributed by atoms with Crippen molar-refractivity contribution in [1.29, 1.82) is 0 Å². The highest BCUT2D eigenvalue weighted by atomic mass is 16.5. The molecule has 0 aliphatic rings. The highest BCUT2D eigenvalue weighted by Crippen LogP contribution is 2.39. The number of benzene rings is 15. The molecular formula is C127H146O2. The zero-order valence-corrected chi connectivity index (χ0v) is 83.4. The Morgan fingerprint density at radius 2 is 0.341 bits per heavy atom. The zero-order valence-electron chi connectivity index (χ0n) is 83.4. The first-order valence-electron chi connectivity index (χ1n) is 46.7. The second-order valence-corrected chi connectivity index (χ2v) is 38.7. The molecule has 666 valence electrons. The first-order valence-corrected chi connectivity index (χ1v) is 46.7. The van der Waals surface area contributed by atoms with Gasteiger partial charge in [-0.15, -0.1) is 0 Å². The Labute approximate surface area is 779 Å². The van der Waals surface area contributed by atoms with E-state index in [9.17, 15) is 0 Å². The summed E-state index contributed by atoms with van der Waals surface area (Å²) in [6, 6.07) is 114. The van der Waals surface area contributed by atoms with Gasteiger partial charge in [0.1, 0.15) is 23.0 Å². The number of hydrogen-bond acceptors (Lipinski definition) is 2. The van der Waals surface area contributed by atoms with Crippen LogP contribution in [-0.4, -0.2) is 0 Å². The average Bonchev–Trinajstić information content (AvgIpc) is 0.785. The summed E-state index contributed by atoms with van der Waals surface area (Å²) in [7, 11) is 0. The van der Waals surface area contributed by atoms with Crippen molar-refractivity contribution in [3.8, 4) is 23.0 Å². The van der Waals surface area contributed by atoms with Gasteiger partial charge in [-0.3, -0.25) is 0 Å². The predicted octanol–water partition coefficient (Wildman–Crippen LogP) is 34.5. The fourth-order valence-electron chi connectivity index (χ4n) is 16.6. The summed E-state index contributed by atoms with van der Waals surface area (Å²) in [4.78, 5) is 0.